The first-order chi connectivity index (χ1) is 16.2. The lowest BCUT2D eigenvalue weighted by Crippen LogP contribution is -2.33. The molecule has 0 radical (unpaired) electrons. The maximum absolute atomic E-state index is 12.9. The number of rotatable bonds is 7. The molecule has 5 rings (SSSR count). The van der Waals surface area contributed by atoms with Gasteiger partial charge in [0.2, 0.25) is 0 Å². The lowest BCUT2D eigenvalue weighted by Gasteiger charge is -2.12. The summed E-state index contributed by atoms with van der Waals surface area (Å²) in [6.45, 7) is 2.96. The molecule has 0 saturated carbocycles. The third-order valence-electron chi connectivity index (χ3n) is 5.86. The summed E-state index contributed by atoms with van der Waals surface area (Å²) in [4.78, 5) is 22.4. The Morgan fingerprint density at radius 3 is 2.94 bits per heavy atom. The van der Waals surface area contributed by atoms with Gasteiger partial charge in [0.1, 0.15) is 11.6 Å². The monoisotopic (exact) mass is 464 g/mol. The summed E-state index contributed by atoms with van der Waals surface area (Å²) in [5.41, 5.74) is 7.31. The number of aromatic nitrogens is 1. The zero-order valence-corrected chi connectivity index (χ0v) is 18.8. The largest absolute Gasteiger partial charge is 0.493 e. The number of benzene rings is 2. The van der Waals surface area contributed by atoms with Crippen molar-refractivity contribution in [1.82, 2.24) is 15.8 Å². The number of amides is 1. The predicted octanol–water partition coefficient (Wildman–Crippen LogP) is 3.97. The molecule has 8 heteroatoms. The molecule has 2 aromatic carbocycles. The molecule has 3 aromatic rings. The molecule has 0 unspecified atom stereocenters. The van der Waals surface area contributed by atoms with Gasteiger partial charge in [0.05, 0.1) is 23.8 Å². The number of carbonyl (C=O) groups excluding carboxylic acids is 1. The normalized spacial score (nSPS) is 16.9. The summed E-state index contributed by atoms with van der Waals surface area (Å²) in [5.74, 6) is 1.05. The van der Waals surface area contributed by atoms with Crippen LogP contribution < -0.4 is 20.9 Å². The Hall–Kier alpha value is -2.97. The first-order valence-electron chi connectivity index (χ1n) is 11.1. The van der Waals surface area contributed by atoms with Crippen LogP contribution in [0.2, 0.25) is 5.02 Å². The van der Waals surface area contributed by atoms with Crippen LogP contribution in [-0.2, 0) is 17.8 Å². The van der Waals surface area contributed by atoms with Gasteiger partial charge in [-0.05, 0) is 41.3 Å². The second-order valence-electron chi connectivity index (χ2n) is 8.18. The number of pyridine rings is 1. The van der Waals surface area contributed by atoms with Gasteiger partial charge in [0, 0.05) is 37.3 Å². The molecule has 1 aromatic heterocycles. The molecule has 33 heavy (non-hydrogen) atoms. The van der Waals surface area contributed by atoms with Crippen LogP contribution >= 0.6 is 11.6 Å². The number of hydroxylamine groups is 1. The summed E-state index contributed by atoms with van der Waals surface area (Å²) in [6, 6.07) is 15.6. The van der Waals surface area contributed by atoms with Crippen molar-refractivity contribution < 1.29 is 14.4 Å². The van der Waals surface area contributed by atoms with Gasteiger partial charge < -0.3 is 20.2 Å². The van der Waals surface area contributed by atoms with Crippen molar-refractivity contribution in [2.24, 2.45) is 0 Å². The van der Waals surface area contributed by atoms with E-state index >= 15 is 0 Å². The lowest BCUT2D eigenvalue weighted by atomic mass is 10.0. The van der Waals surface area contributed by atoms with Gasteiger partial charge in [0.25, 0.3) is 5.91 Å². The van der Waals surface area contributed by atoms with Gasteiger partial charge in [-0.25, -0.2) is 4.98 Å². The molecule has 1 fully saturated rings. The smallest absolute Gasteiger partial charge is 0.258 e. The molecule has 3 N–H and O–H groups in total. The fraction of sp³-hybridized carbons (Fsp3) is 0.280. The van der Waals surface area contributed by atoms with Gasteiger partial charge in [-0.3, -0.25) is 4.79 Å². The quantitative estimate of drug-likeness (QED) is 0.490. The van der Waals surface area contributed by atoms with Crippen LogP contribution in [0.4, 0.5) is 5.82 Å². The summed E-state index contributed by atoms with van der Waals surface area (Å²) in [6.07, 6.45) is 3.67. The lowest BCUT2D eigenvalue weighted by molar-refractivity contribution is 0.0880. The van der Waals surface area contributed by atoms with E-state index in [9.17, 15) is 4.79 Å². The molecule has 0 aliphatic carbocycles. The number of hydrogen-bond donors (Lipinski definition) is 3. The van der Waals surface area contributed by atoms with Crippen molar-refractivity contribution in [3.63, 3.8) is 0 Å². The van der Waals surface area contributed by atoms with E-state index in [2.05, 4.69) is 27.2 Å². The van der Waals surface area contributed by atoms with Crippen molar-refractivity contribution >= 4 is 23.3 Å². The number of hydrogen-bond acceptors (Lipinski definition) is 6. The van der Waals surface area contributed by atoms with Crippen molar-refractivity contribution in [2.75, 3.05) is 25.1 Å². The van der Waals surface area contributed by atoms with Crippen LogP contribution in [0.3, 0.4) is 0 Å². The number of anilines is 1. The third-order valence-corrected chi connectivity index (χ3v) is 6.26. The molecule has 7 nitrogen and oxygen atoms in total. The fourth-order valence-electron chi connectivity index (χ4n) is 4.02. The minimum Gasteiger partial charge on any atom is -0.493 e. The highest BCUT2D eigenvalue weighted by atomic mass is 35.5. The maximum Gasteiger partial charge on any atom is 0.258 e. The molecular weight excluding hydrogens is 440 g/mol. The number of nitrogens with zero attached hydrogens (tertiary/aromatic N) is 1. The topological polar surface area (TPSA) is 84.5 Å². The van der Waals surface area contributed by atoms with Crippen LogP contribution in [0, 0.1) is 0 Å². The van der Waals surface area contributed by atoms with Crippen molar-refractivity contribution in [2.45, 2.75) is 25.4 Å². The molecule has 1 saturated heterocycles. The average molecular weight is 465 g/mol. The molecule has 0 bridgehead atoms. The summed E-state index contributed by atoms with van der Waals surface area (Å²) in [5, 5.41) is 6.62. The number of halogens is 1. The van der Waals surface area contributed by atoms with E-state index in [-0.39, 0.29) is 5.91 Å². The SMILES string of the molecule is O=C(Nc1ccc(CNC[C@@H]2CCON2)cn1)c1cccc(-c2ccc3c(c2)OCC3)c1Cl. The van der Waals surface area contributed by atoms with Crippen LogP contribution in [0.1, 0.15) is 27.9 Å². The molecule has 1 atom stereocenters. The number of ether oxygens (including phenoxy) is 1. The minimum atomic E-state index is -0.301. The summed E-state index contributed by atoms with van der Waals surface area (Å²) < 4.78 is 5.67. The second kappa shape index (κ2) is 9.89. The summed E-state index contributed by atoms with van der Waals surface area (Å²) in [7, 11) is 0. The van der Waals surface area contributed by atoms with Gasteiger partial charge in [0.15, 0.2) is 0 Å². The van der Waals surface area contributed by atoms with E-state index in [1.165, 1.54) is 5.56 Å². The van der Waals surface area contributed by atoms with E-state index in [1.807, 2.05) is 30.3 Å². The summed E-state index contributed by atoms with van der Waals surface area (Å²) >= 11 is 6.65. The zero-order chi connectivity index (χ0) is 22.6. The van der Waals surface area contributed by atoms with Gasteiger partial charge in [-0.2, -0.15) is 5.48 Å². The van der Waals surface area contributed by atoms with Crippen LogP contribution in [0.5, 0.6) is 5.75 Å². The Labute approximate surface area is 197 Å². The first kappa shape index (κ1) is 21.9. The van der Waals surface area contributed by atoms with E-state index in [4.69, 9.17) is 21.2 Å². The van der Waals surface area contributed by atoms with Crippen molar-refractivity contribution in [1.29, 1.82) is 0 Å². The highest BCUT2D eigenvalue weighted by Gasteiger charge is 2.18. The molecule has 170 valence electrons. The number of carbonyl (C=O) groups is 1. The minimum absolute atomic E-state index is 0.301. The average Bonchev–Trinajstić information content (AvgIpc) is 3.52. The molecule has 2 aliphatic rings. The van der Waals surface area contributed by atoms with Crippen LogP contribution in [-0.4, -0.2) is 36.7 Å². The molecule has 0 spiro atoms. The van der Waals surface area contributed by atoms with Crippen LogP contribution in [0.25, 0.3) is 11.1 Å². The predicted molar refractivity (Wildman–Crippen MR) is 127 cm³/mol. The Morgan fingerprint density at radius 1 is 1.18 bits per heavy atom. The van der Waals surface area contributed by atoms with E-state index < -0.39 is 0 Å². The third kappa shape index (κ3) is 5.02. The van der Waals surface area contributed by atoms with Crippen molar-refractivity contribution in [3.8, 4) is 16.9 Å². The Bertz CT molecular complexity index is 1150. The molecule has 2 aliphatic heterocycles. The number of fused-ring (bicyclic) bond motifs is 1. The second-order valence-corrected chi connectivity index (χ2v) is 8.55. The van der Waals surface area contributed by atoms with Gasteiger partial charge in [-0.1, -0.05) is 41.9 Å². The van der Waals surface area contributed by atoms with Crippen LogP contribution in [0.15, 0.2) is 54.7 Å². The maximum atomic E-state index is 12.9. The standard InChI is InChI=1S/C25H25ClN4O3/c26-24-20(18-6-5-17-8-10-32-22(17)12-18)2-1-3-21(24)25(31)29-23-7-4-16(14-28-23)13-27-15-19-9-11-33-30-19/h1-7,12,14,19,27,30H,8-11,13,15H2,(H,28,29,31)/t19-/m0/s1. The van der Waals surface area contributed by atoms with Gasteiger partial charge in [-0.15, -0.1) is 0 Å². The molecule has 3 heterocycles. The Kier molecular flexibility index (Phi) is 6.55. The highest BCUT2D eigenvalue weighted by Crippen LogP contribution is 2.35. The van der Waals surface area contributed by atoms with E-state index in [0.29, 0.717) is 35.6 Å². The molecular formula is C25H25ClN4O3. The zero-order valence-electron chi connectivity index (χ0n) is 18.1. The van der Waals surface area contributed by atoms with Crippen molar-refractivity contribution in [3.05, 3.63) is 76.4 Å². The highest BCUT2D eigenvalue weighted by molar-refractivity contribution is 6.37. The number of nitrogens with one attached hydrogen (secondary N) is 3. The Balaban J connectivity index is 1.24. The Morgan fingerprint density at radius 2 is 2.12 bits per heavy atom. The fourth-order valence-corrected chi connectivity index (χ4v) is 4.34. The van der Waals surface area contributed by atoms with Gasteiger partial charge >= 0.3 is 0 Å². The van der Waals surface area contributed by atoms with E-state index in [0.717, 1.165) is 48.4 Å². The molecule has 1 amide bonds. The van der Waals surface area contributed by atoms with E-state index in [1.54, 1.807) is 18.3 Å². The first-order valence-corrected chi connectivity index (χ1v) is 11.4.